The molecule has 0 saturated carbocycles. The van der Waals surface area contributed by atoms with Gasteiger partial charge in [-0.3, -0.25) is 11.3 Å². The fraction of sp³-hybridized carbons (Fsp3) is 0.250. The number of hydrogen-bond acceptors (Lipinski definition) is 2. The van der Waals surface area contributed by atoms with Gasteiger partial charge in [-0.1, -0.05) is 24.3 Å². The van der Waals surface area contributed by atoms with E-state index in [1.807, 2.05) is 31.2 Å². The Morgan fingerprint density at radius 2 is 1.70 bits per heavy atom. The number of nitrogens with one attached hydrogen (secondary N) is 1. The van der Waals surface area contributed by atoms with Crippen molar-refractivity contribution in [2.45, 2.75) is 25.8 Å². The van der Waals surface area contributed by atoms with E-state index in [2.05, 4.69) is 5.43 Å². The molecule has 0 aliphatic heterocycles. The fourth-order valence-electron chi connectivity index (χ4n) is 2.31. The quantitative estimate of drug-likeness (QED) is 0.651. The molecule has 1 atom stereocenters. The summed E-state index contributed by atoms with van der Waals surface area (Å²) in [6.45, 7) is 2.03. The van der Waals surface area contributed by atoms with Crippen LogP contribution in [-0.2, 0) is 12.8 Å². The van der Waals surface area contributed by atoms with Crippen LogP contribution in [-0.4, -0.2) is 6.04 Å². The van der Waals surface area contributed by atoms with Gasteiger partial charge in [0.05, 0.1) is 0 Å². The van der Waals surface area contributed by atoms with Crippen molar-refractivity contribution in [3.8, 4) is 0 Å². The molecule has 0 aliphatic rings. The van der Waals surface area contributed by atoms with Crippen LogP contribution in [0.5, 0.6) is 0 Å². The van der Waals surface area contributed by atoms with Gasteiger partial charge < -0.3 is 0 Å². The van der Waals surface area contributed by atoms with Crippen molar-refractivity contribution in [3.05, 3.63) is 70.8 Å². The summed E-state index contributed by atoms with van der Waals surface area (Å²) in [7, 11) is 0. The zero-order chi connectivity index (χ0) is 14.5. The second kappa shape index (κ2) is 6.59. The van der Waals surface area contributed by atoms with Gasteiger partial charge in [0.25, 0.3) is 0 Å². The first-order chi connectivity index (χ1) is 9.58. The standard InChI is InChI=1S/C16H18F2N2/c1-11-4-2-3-5-13(11)9-16(20-19)8-12-6-14(17)10-15(18)7-12/h2-7,10,16,20H,8-9,19H2,1H3. The van der Waals surface area contributed by atoms with E-state index >= 15 is 0 Å². The van der Waals surface area contributed by atoms with Crippen molar-refractivity contribution >= 4 is 0 Å². The number of hydrazine groups is 1. The molecule has 20 heavy (non-hydrogen) atoms. The van der Waals surface area contributed by atoms with E-state index in [0.29, 0.717) is 18.4 Å². The Morgan fingerprint density at radius 3 is 2.30 bits per heavy atom. The monoisotopic (exact) mass is 276 g/mol. The molecular formula is C16H18F2N2. The summed E-state index contributed by atoms with van der Waals surface area (Å²) in [5.41, 5.74) is 5.67. The number of rotatable bonds is 5. The molecule has 0 spiro atoms. The van der Waals surface area contributed by atoms with Crippen molar-refractivity contribution in [1.82, 2.24) is 5.43 Å². The van der Waals surface area contributed by atoms with E-state index in [4.69, 9.17) is 5.84 Å². The van der Waals surface area contributed by atoms with Gasteiger partial charge in [-0.2, -0.15) is 0 Å². The number of benzene rings is 2. The maximum Gasteiger partial charge on any atom is 0.126 e. The average molecular weight is 276 g/mol. The first-order valence-corrected chi connectivity index (χ1v) is 6.54. The second-order valence-electron chi connectivity index (χ2n) is 4.98. The van der Waals surface area contributed by atoms with Crippen LogP contribution in [0.15, 0.2) is 42.5 Å². The highest BCUT2D eigenvalue weighted by atomic mass is 19.1. The van der Waals surface area contributed by atoms with Crippen molar-refractivity contribution < 1.29 is 8.78 Å². The summed E-state index contributed by atoms with van der Waals surface area (Å²) < 4.78 is 26.4. The van der Waals surface area contributed by atoms with Crippen LogP contribution in [0.25, 0.3) is 0 Å². The molecule has 0 aliphatic carbocycles. The minimum absolute atomic E-state index is 0.0719. The maximum absolute atomic E-state index is 13.2. The highest BCUT2D eigenvalue weighted by Crippen LogP contribution is 2.14. The molecule has 4 heteroatoms. The Morgan fingerprint density at radius 1 is 1.05 bits per heavy atom. The molecule has 2 aromatic rings. The van der Waals surface area contributed by atoms with Crippen LogP contribution in [0.4, 0.5) is 8.78 Å². The SMILES string of the molecule is Cc1ccccc1CC(Cc1cc(F)cc(F)c1)NN. The van der Waals surface area contributed by atoms with Gasteiger partial charge in [-0.15, -0.1) is 0 Å². The third kappa shape index (κ3) is 3.85. The van der Waals surface area contributed by atoms with E-state index in [1.165, 1.54) is 23.3 Å². The van der Waals surface area contributed by atoms with E-state index in [9.17, 15) is 8.78 Å². The molecule has 0 radical (unpaired) electrons. The Balaban J connectivity index is 2.11. The number of halogens is 2. The summed E-state index contributed by atoms with van der Waals surface area (Å²) in [6.07, 6.45) is 1.18. The van der Waals surface area contributed by atoms with Gasteiger partial charge >= 0.3 is 0 Å². The van der Waals surface area contributed by atoms with Crippen molar-refractivity contribution in [2.24, 2.45) is 5.84 Å². The average Bonchev–Trinajstić information content (AvgIpc) is 2.39. The molecule has 0 saturated heterocycles. The van der Waals surface area contributed by atoms with E-state index < -0.39 is 11.6 Å². The predicted octanol–water partition coefficient (Wildman–Crippen LogP) is 2.89. The van der Waals surface area contributed by atoms with Gasteiger partial charge in [0.1, 0.15) is 11.6 Å². The summed E-state index contributed by atoms with van der Waals surface area (Å²) >= 11 is 0. The number of hydrogen-bond donors (Lipinski definition) is 2. The van der Waals surface area contributed by atoms with Crippen LogP contribution in [0.1, 0.15) is 16.7 Å². The summed E-state index contributed by atoms with van der Waals surface area (Å²) in [5, 5.41) is 0. The molecule has 2 rings (SSSR count). The lowest BCUT2D eigenvalue weighted by Crippen LogP contribution is -2.38. The first kappa shape index (κ1) is 14.6. The molecule has 0 amide bonds. The van der Waals surface area contributed by atoms with Crippen molar-refractivity contribution in [1.29, 1.82) is 0 Å². The zero-order valence-electron chi connectivity index (χ0n) is 11.4. The lowest BCUT2D eigenvalue weighted by molar-refractivity contribution is 0.515. The number of nitrogens with two attached hydrogens (primary N) is 1. The van der Waals surface area contributed by atoms with Gasteiger partial charge in [0.2, 0.25) is 0 Å². The maximum atomic E-state index is 13.2. The van der Waals surface area contributed by atoms with E-state index in [-0.39, 0.29) is 6.04 Å². The largest absolute Gasteiger partial charge is 0.271 e. The fourth-order valence-corrected chi connectivity index (χ4v) is 2.31. The van der Waals surface area contributed by atoms with Gasteiger partial charge in [-0.25, -0.2) is 8.78 Å². The molecule has 0 bridgehead atoms. The summed E-state index contributed by atoms with van der Waals surface area (Å²) in [6, 6.07) is 11.5. The van der Waals surface area contributed by atoms with Crippen LogP contribution in [0, 0.1) is 18.6 Å². The van der Waals surface area contributed by atoms with Gasteiger partial charge in [0.15, 0.2) is 0 Å². The van der Waals surface area contributed by atoms with Crippen molar-refractivity contribution in [2.75, 3.05) is 0 Å². The predicted molar refractivity (Wildman–Crippen MR) is 76.1 cm³/mol. The number of aryl methyl sites for hydroxylation is 1. The molecular weight excluding hydrogens is 258 g/mol. The molecule has 1 unspecified atom stereocenters. The highest BCUT2D eigenvalue weighted by Gasteiger charge is 2.11. The Bertz CT molecular complexity index is 564. The summed E-state index contributed by atoms with van der Waals surface area (Å²) in [4.78, 5) is 0. The third-order valence-electron chi connectivity index (χ3n) is 3.37. The van der Waals surface area contributed by atoms with E-state index in [0.717, 1.165) is 6.07 Å². The lowest BCUT2D eigenvalue weighted by atomic mass is 9.97. The second-order valence-corrected chi connectivity index (χ2v) is 4.98. The molecule has 2 nitrogen and oxygen atoms in total. The minimum atomic E-state index is -0.563. The first-order valence-electron chi connectivity index (χ1n) is 6.54. The highest BCUT2D eigenvalue weighted by molar-refractivity contribution is 5.27. The van der Waals surface area contributed by atoms with Gasteiger partial charge in [0, 0.05) is 12.1 Å². The Kier molecular flexibility index (Phi) is 4.82. The smallest absolute Gasteiger partial charge is 0.126 e. The topological polar surface area (TPSA) is 38.0 Å². The molecule has 3 N–H and O–H groups in total. The Hall–Kier alpha value is -1.78. The van der Waals surface area contributed by atoms with Crippen LogP contribution < -0.4 is 11.3 Å². The third-order valence-corrected chi connectivity index (χ3v) is 3.37. The Labute approximate surface area is 117 Å². The normalized spacial score (nSPS) is 12.4. The van der Waals surface area contributed by atoms with Crippen LogP contribution in [0.3, 0.4) is 0 Å². The molecule has 0 fully saturated rings. The zero-order valence-corrected chi connectivity index (χ0v) is 11.4. The van der Waals surface area contributed by atoms with Crippen LogP contribution in [0.2, 0.25) is 0 Å². The molecule has 2 aromatic carbocycles. The molecule has 0 heterocycles. The molecule has 0 aromatic heterocycles. The van der Waals surface area contributed by atoms with Crippen molar-refractivity contribution in [3.63, 3.8) is 0 Å². The van der Waals surface area contributed by atoms with E-state index in [1.54, 1.807) is 0 Å². The molecule has 106 valence electrons. The lowest BCUT2D eigenvalue weighted by Gasteiger charge is -2.17. The van der Waals surface area contributed by atoms with Crippen LogP contribution >= 0.6 is 0 Å². The summed E-state index contributed by atoms with van der Waals surface area (Å²) in [5.74, 6) is 4.43. The van der Waals surface area contributed by atoms with Gasteiger partial charge in [-0.05, 0) is 48.6 Å². The minimum Gasteiger partial charge on any atom is -0.271 e.